The van der Waals surface area contributed by atoms with E-state index in [1.54, 1.807) is 6.07 Å². The second kappa shape index (κ2) is 10.2. The molecule has 176 valence electrons. The minimum atomic E-state index is -2.98. The van der Waals surface area contributed by atoms with E-state index < -0.39 is 30.1 Å². The molecule has 3 heterocycles. The molecule has 1 aliphatic heterocycles. The lowest BCUT2D eigenvalue weighted by Crippen LogP contribution is -2.35. The Kier molecular flexibility index (Phi) is 7.09. The molecule has 4 rings (SSSR count). The highest BCUT2D eigenvalue weighted by Crippen LogP contribution is 2.26. The summed E-state index contributed by atoms with van der Waals surface area (Å²) in [7, 11) is 0. The Labute approximate surface area is 186 Å². The fourth-order valence-corrected chi connectivity index (χ4v) is 3.55. The highest BCUT2D eigenvalue weighted by molar-refractivity contribution is 6.02. The number of rotatable bonds is 8. The smallest absolute Gasteiger partial charge is 0.291 e. The van der Waals surface area contributed by atoms with Crippen LogP contribution in [0.5, 0.6) is 0 Å². The topological polar surface area (TPSA) is 72.5 Å². The van der Waals surface area contributed by atoms with Gasteiger partial charge in [-0.25, -0.2) is 17.6 Å². The molecule has 0 aliphatic carbocycles. The zero-order valence-corrected chi connectivity index (χ0v) is 17.5. The van der Waals surface area contributed by atoms with Crippen LogP contribution in [0.1, 0.15) is 46.1 Å². The van der Waals surface area contributed by atoms with Gasteiger partial charge in [-0.3, -0.25) is 14.4 Å². The standard InChI is InChI=1S/C22H22F4N4O3/c23-20(24)17-11-18(21(25)26)30(28-17)13-16-4-5-19(33-16)22(31)27-15-3-1-2-14(10-15)12-29-6-8-32-9-7-29/h1-5,10-11,20-21H,6-9,12-13H2,(H,27,31). The fraction of sp³-hybridized carbons (Fsp3) is 0.364. The van der Waals surface area contributed by atoms with Crippen LogP contribution in [0.4, 0.5) is 23.2 Å². The summed E-state index contributed by atoms with van der Waals surface area (Å²) in [6.07, 6.45) is -5.95. The molecule has 1 N–H and O–H groups in total. The van der Waals surface area contributed by atoms with Crippen molar-refractivity contribution in [3.63, 3.8) is 0 Å². The van der Waals surface area contributed by atoms with Crippen molar-refractivity contribution in [2.24, 2.45) is 0 Å². The van der Waals surface area contributed by atoms with E-state index >= 15 is 0 Å². The summed E-state index contributed by atoms with van der Waals surface area (Å²) in [5, 5.41) is 6.26. The normalized spacial score (nSPS) is 14.8. The van der Waals surface area contributed by atoms with E-state index in [-0.39, 0.29) is 18.1 Å². The second-order valence-corrected chi connectivity index (χ2v) is 7.56. The van der Waals surface area contributed by atoms with E-state index in [4.69, 9.17) is 9.15 Å². The molecule has 1 amide bonds. The summed E-state index contributed by atoms with van der Waals surface area (Å²) < 4.78 is 63.5. The molecule has 0 atom stereocenters. The molecule has 1 fully saturated rings. The first-order valence-corrected chi connectivity index (χ1v) is 10.3. The summed E-state index contributed by atoms with van der Waals surface area (Å²) >= 11 is 0. The van der Waals surface area contributed by atoms with Crippen molar-refractivity contribution < 1.29 is 31.5 Å². The van der Waals surface area contributed by atoms with Crippen LogP contribution in [0.2, 0.25) is 0 Å². The molecule has 1 aromatic carbocycles. The molecule has 33 heavy (non-hydrogen) atoms. The van der Waals surface area contributed by atoms with Crippen molar-refractivity contribution in [2.45, 2.75) is 25.9 Å². The molecule has 0 saturated carbocycles. The van der Waals surface area contributed by atoms with Crippen LogP contribution in [0.15, 0.2) is 46.9 Å². The lowest BCUT2D eigenvalue weighted by Gasteiger charge is -2.26. The number of carbonyl (C=O) groups excluding carboxylic acids is 1. The van der Waals surface area contributed by atoms with Gasteiger partial charge >= 0.3 is 0 Å². The van der Waals surface area contributed by atoms with Gasteiger partial charge in [0.25, 0.3) is 18.8 Å². The summed E-state index contributed by atoms with van der Waals surface area (Å²) in [4.78, 5) is 14.8. The van der Waals surface area contributed by atoms with Gasteiger partial charge in [0.1, 0.15) is 17.1 Å². The number of furan rings is 1. The predicted molar refractivity (Wildman–Crippen MR) is 110 cm³/mol. The molecule has 0 spiro atoms. The van der Waals surface area contributed by atoms with Crippen LogP contribution in [0.25, 0.3) is 0 Å². The van der Waals surface area contributed by atoms with E-state index in [0.717, 1.165) is 29.9 Å². The zero-order valence-electron chi connectivity index (χ0n) is 17.5. The molecule has 7 nitrogen and oxygen atoms in total. The molecule has 3 aromatic rings. The number of ether oxygens (including phenoxy) is 1. The number of aromatic nitrogens is 2. The number of hydrogen-bond acceptors (Lipinski definition) is 5. The number of alkyl halides is 4. The number of hydrogen-bond donors (Lipinski definition) is 1. The number of carbonyl (C=O) groups is 1. The Hall–Kier alpha value is -3.18. The average Bonchev–Trinajstić information content (AvgIpc) is 3.43. The van der Waals surface area contributed by atoms with Crippen molar-refractivity contribution >= 4 is 11.6 Å². The van der Waals surface area contributed by atoms with Crippen molar-refractivity contribution in [1.82, 2.24) is 14.7 Å². The number of halogens is 4. The van der Waals surface area contributed by atoms with Gasteiger partial charge in [-0.1, -0.05) is 12.1 Å². The molecular weight excluding hydrogens is 444 g/mol. The monoisotopic (exact) mass is 466 g/mol. The fourth-order valence-electron chi connectivity index (χ4n) is 3.55. The number of amides is 1. The first-order chi connectivity index (χ1) is 15.9. The summed E-state index contributed by atoms with van der Waals surface area (Å²) in [5.74, 6) is -0.428. The predicted octanol–water partition coefficient (Wildman–Crippen LogP) is 4.48. The molecular formula is C22H22F4N4O3. The van der Waals surface area contributed by atoms with Gasteiger partial charge in [-0.15, -0.1) is 0 Å². The Bertz CT molecular complexity index is 1090. The lowest BCUT2D eigenvalue weighted by molar-refractivity contribution is 0.0342. The van der Waals surface area contributed by atoms with E-state index in [2.05, 4.69) is 15.3 Å². The molecule has 1 saturated heterocycles. The SMILES string of the molecule is O=C(Nc1cccc(CN2CCOCC2)c1)c1ccc(Cn2nc(C(F)F)cc2C(F)F)o1. The minimum absolute atomic E-state index is 0.0385. The maximum Gasteiger partial charge on any atom is 0.291 e. The Morgan fingerprint density at radius 2 is 1.82 bits per heavy atom. The van der Waals surface area contributed by atoms with Crippen LogP contribution in [-0.2, 0) is 17.8 Å². The lowest BCUT2D eigenvalue weighted by atomic mass is 10.2. The molecule has 1 aliphatic rings. The molecule has 0 unspecified atom stereocenters. The quantitative estimate of drug-likeness (QED) is 0.496. The molecule has 0 bridgehead atoms. The number of morpholine rings is 1. The highest BCUT2D eigenvalue weighted by atomic mass is 19.3. The van der Waals surface area contributed by atoms with E-state index in [1.807, 2.05) is 18.2 Å². The van der Waals surface area contributed by atoms with Gasteiger partial charge in [0.05, 0.1) is 19.8 Å². The Morgan fingerprint density at radius 3 is 2.55 bits per heavy atom. The van der Waals surface area contributed by atoms with Crippen LogP contribution < -0.4 is 5.32 Å². The number of nitrogens with one attached hydrogen (secondary N) is 1. The Morgan fingerprint density at radius 1 is 1.03 bits per heavy atom. The highest BCUT2D eigenvalue weighted by Gasteiger charge is 2.22. The maximum atomic E-state index is 13.2. The van der Waals surface area contributed by atoms with Gasteiger partial charge in [0.2, 0.25) is 0 Å². The van der Waals surface area contributed by atoms with Crippen molar-refractivity contribution in [2.75, 3.05) is 31.6 Å². The van der Waals surface area contributed by atoms with Gasteiger partial charge in [0.15, 0.2) is 5.76 Å². The van der Waals surface area contributed by atoms with Crippen LogP contribution in [0, 0.1) is 0 Å². The van der Waals surface area contributed by atoms with Gasteiger partial charge in [0, 0.05) is 25.3 Å². The minimum Gasteiger partial charge on any atom is -0.454 e. The average molecular weight is 466 g/mol. The first-order valence-electron chi connectivity index (χ1n) is 10.3. The van der Waals surface area contributed by atoms with Crippen LogP contribution in [-0.4, -0.2) is 46.9 Å². The number of nitrogens with zero attached hydrogens (tertiary/aromatic N) is 3. The zero-order chi connectivity index (χ0) is 23.4. The Balaban J connectivity index is 1.41. The maximum absolute atomic E-state index is 13.2. The summed E-state index contributed by atoms with van der Waals surface area (Å²) in [5.41, 5.74) is 0.219. The van der Waals surface area contributed by atoms with Gasteiger partial charge in [-0.2, -0.15) is 5.10 Å². The molecule has 2 aromatic heterocycles. The van der Waals surface area contributed by atoms with Crippen LogP contribution in [0.3, 0.4) is 0 Å². The van der Waals surface area contributed by atoms with Gasteiger partial charge in [-0.05, 0) is 35.9 Å². The van der Waals surface area contributed by atoms with Crippen molar-refractivity contribution in [1.29, 1.82) is 0 Å². The van der Waals surface area contributed by atoms with Crippen molar-refractivity contribution in [3.05, 3.63) is 70.9 Å². The third-order valence-corrected chi connectivity index (χ3v) is 5.16. The van der Waals surface area contributed by atoms with Crippen molar-refractivity contribution in [3.8, 4) is 0 Å². The number of anilines is 1. The second-order valence-electron chi connectivity index (χ2n) is 7.56. The van der Waals surface area contributed by atoms with E-state index in [0.29, 0.717) is 25.0 Å². The van der Waals surface area contributed by atoms with E-state index in [9.17, 15) is 22.4 Å². The third kappa shape index (κ3) is 5.79. The molecule has 11 heteroatoms. The largest absolute Gasteiger partial charge is 0.454 e. The van der Waals surface area contributed by atoms with E-state index in [1.165, 1.54) is 12.1 Å². The van der Waals surface area contributed by atoms with Gasteiger partial charge < -0.3 is 14.5 Å². The summed E-state index contributed by atoms with van der Waals surface area (Å²) in [6.45, 7) is 3.49. The number of benzene rings is 1. The first kappa shape index (κ1) is 23.0. The van der Waals surface area contributed by atoms with Crippen LogP contribution >= 0.6 is 0 Å². The third-order valence-electron chi connectivity index (χ3n) is 5.16. The molecule has 0 radical (unpaired) electrons. The summed E-state index contributed by atoms with van der Waals surface area (Å²) in [6, 6.07) is 10.9.